The van der Waals surface area contributed by atoms with Crippen molar-refractivity contribution in [3.05, 3.63) is 95.3 Å². The van der Waals surface area contributed by atoms with Gasteiger partial charge in [0.15, 0.2) is 0 Å². The Morgan fingerprint density at radius 1 is 0.846 bits per heavy atom. The number of hydrogen-bond acceptors (Lipinski definition) is 8. The van der Waals surface area contributed by atoms with Gasteiger partial charge in [-0.05, 0) is 86.1 Å². The first-order chi connectivity index (χ1) is 25.2. The number of amides is 2. The van der Waals surface area contributed by atoms with Gasteiger partial charge in [-0.25, -0.2) is 0 Å². The molecule has 2 aliphatic heterocycles. The van der Waals surface area contributed by atoms with Gasteiger partial charge in [0.2, 0.25) is 5.91 Å². The van der Waals surface area contributed by atoms with E-state index in [0.29, 0.717) is 35.8 Å². The number of likely N-dealkylation sites (N-methyl/N-ethyl adjacent to an activating group) is 1. The molecule has 2 aliphatic rings. The molecule has 0 spiro atoms. The van der Waals surface area contributed by atoms with Crippen LogP contribution in [0.25, 0.3) is 22.3 Å². The molecular formula is C40H50ClN7O4. The predicted octanol–water partition coefficient (Wildman–Crippen LogP) is 4.01. The maximum atomic E-state index is 14.3. The molecule has 2 saturated heterocycles. The number of nitrogens with two attached hydrogens (primary N) is 1. The molecule has 12 heteroatoms. The SMILES string of the molecule is CN1CCN(CCCNC(=O)c2c(-c3cccc(N4CCN(c5ccc(C(N)=O)cc5)CC4)c3)c(-c3ccc(Cl)cc3)cn2CC[C@H](O)CO)CC1. The number of aliphatic hydroxyl groups excluding tert-OH is 2. The van der Waals surface area contributed by atoms with Crippen LogP contribution in [0.3, 0.4) is 0 Å². The topological polar surface area (TPSA) is 131 Å². The van der Waals surface area contributed by atoms with Gasteiger partial charge in [-0.15, -0.1) is 0 Å². The fourth-order valence-corrected chi connectivity index (χ4v) is 7.20. The third-order valence-corrected chi connectivity index (χ3v) is 10.4. The van der Waals surface area contributed by atoms with Crippen LogP contribution in [0.2, 0.25) is 5.02 Å². The summed E-state index contributed by atoms with van der Waals surface area (Å²) in [5, 5.41) is 23.7. The Kier molecular flexibility index (Phi) is 12.5. The predicted molar refractivity (Wildman–Crippen MR) is 208 cm³/mol. The first kappa shape index (κ1) is 37.4. The number of aryl methyl sites for hydroxylation is 1. The number of hydrogen-bond donors (Lipinski definition) is 4. The van der Waals surface area contributed by atoms with Gasteiger partial charge < -0.3 is 45.4 Å². The van der Waals surface area contributed by atoms with Gasteiger partial charge in [0, 0.05) is 105 Å². The van der Waals surface area contributed by atoms with Gasteiger partial charge in [0.25, 0.3) is 5.91 Å². The first-order valence-electron chi connectivity index (χ1n) is 18.2. The number of primary amides is 1. The lowest BCUT2D eigenvalue weighted by Gasteiger charge is -2.37. The maximum Gasteiger partial charge on any atom is 0.268 e. The molecule has 3 aromatic carbocycles. The Morgan fingerprint density at radius 3 is 2.17 bits per heavy atom. The summed E-state index contributed by atoms with van der Waals surface area (Å²) in [6.07, 6.45) is 2.23. The van der Waals surface area contributed by atoms with E-state index in [0.717, 1.165) is 99.0 Å². The molecule has 6 rings (SSSR count). The van der Waals surface area contributed by atoms with E-state index in [1.807, 2.05) is 59.3 Å². The van der Waals surface area contributed by atoms with Crippen molar-refractivity contribution in [2.45, 2.75) is 25.5 Å². The van der Waals surface area contributed by atoms with Gasteiger partial charge in [0.05, 0.1) is 12.7 Å². The van der Waals surface area contributed by atoms with Gasteiger partial charge >= 0.3 is 0 Å². The largest absolute Gasteiger partial charge is 0.394 e. The van der Waals surface area contributed by atoms with Gasteiger partial charge in [0.1, 0.15) is 5.69 Å². The van der Waals surface area contributed by atoms with Gasteiger partial charge in [-0.3, -0.25) is 9.59 Å². The quantitative estimate of drug-likeness (QED) is 0.144. The molecule has 0 aliphatic carbocycles. The van der Waals surface area contributed by atoms with Crippen LogP contribution in [0.4, 0.5) is 11.4 Å². The Balaban J connectivity index is 1.28. The molecule has 1 atom stereocenters. The number of aliphatic hydroxyl groups is 2. The molecule has 4 aromatic rings. The summed E-state index contributed by atoms with van der Waals surface area (Å²) in [5.41, 5.74) is 12.1. The molecule has 52 heavy (non-hydrogen) atoms. The van der Waals surface area contributed by atoms with E-state index in [4.69, 9.17) is 17.3 Å². The number of rotatable bonds is 14. The Labute approximate surface area is 311 Å². The highest BCUT2D eigenvalue weighted by Crippen LogP contribution is 2.39. The summed E-state index contributed by atoms with van der Waals surface area (Å²) >= 11 is 6.30. The number of halogens is 1. The molecular weight excluding hydrogens is 678 g/mol. The van der Waals surface area contributed by atoms with Crippen LogP contribution in [-0.4, -0.2) is 122 Å². The van der Waals surface area contributed by atoms with Crippen LogP contribution in [0.1, 0.15) is 33.7 Å². The minimum absolute atomic E-state index is 0.173. The number of carbonyl (C=O) groups excluding carboxylic acids is 2. The number of nitrogens with one attached hydrogen (secondary N) is 1. The van der Waals surface area contributed by atoms with Crippen molar-refractivity contribution < 1.29 is 19.8 Å². The second kappa shape index (κ2) is 17.4. The molecule has 2 fully saturated rings. The fourth-order valence-electron chi connectivity index (χ4n) is 7.07. The molecule has 0 saturated carbocycles. The number of benzene rings is 3. The molecule has 5 N–H and O–H groups in total. The minimum atomic E-state index is -0.896. The molecule has 0 bridgehead atoms. The van der Waals surface area contributed by atoms with Crippen molar-refractivity contribution in [3.8, 4) is 22.3 Å². The summed E-state index contributed by atoms with van der Waals surface area (Å²) in [5.74, 6) is -0.608. The van der Waals surface area contributed by atoms with E-state index in [1.54, 1.807) is 12.1 Å². The Morgan fingerprint density at radius 2 is 1.52 bits per heavy atom. The lowest BCUT2D eigenvalue weighted by Crippen LogP contribution is -2.46. The maximum absolute atomic E-state index is 14.3. The van der Waals surface area contributed by atoms with Crippen molar-refractivity contribution in [1.29, 1.82) is 0 Å². The van der Waals surface area contributed by atoms with Crippen LogP contribution >= 0.6 is 11.6 Å². The number of carbonyl (C=O) groups is 2. The summed E-state index contributed by atoms with van der Waals surface area (Å²) in [6.45, 7) is 8.86. The summed E-state index contributed by atoms with van der Waals surface area (Å²) < 4.78 is 1.92. The lowest BCUT2D eigenvalue weighted by atomic mass is 9.95. The van der Waals surface area contributed by atoms with Crippen molar-refractivity contribution in [1.82, 2.24) is 19.7 Å². The molecule has 2 amide bonds. The minimum Gasteiger partial charge on any atom is -0.394 e. The highest BCUT2D eigenvalue weighted by molar-refractivity contribution is 6.30. The van der Waals surface area contributed by atoms with Crippen molar-refractivity contribution in [2.24, 2.45) is 5.73 Å². The van der Waals surface area contributed by atoms with Crippen LogP contribution in [0.5, 0.6) is 0 Å². The highest BCUT2D eigenvalue weighted by atomic mass is 35.5. The molecule has 276 valence electrons. The second-order valence-electron chi connectivity index (χ2n) is 13.8. The summed E-state index contributed by atoms with van der Waals surface area (Å²) in [6, 6.07) is 23.4. The number of piperazine rings is 2. The van der Waals surface area contributed by atoms with E-state index < -0.39 is 12.0 Å². The molecule has 0 unspecified atom stereocenters. The van der Waals surface area contributed by atoms with E-state index >= 15 is 0 Å². The smallest absolute Gasteiger partial charge is 0.268 e. The van der Waals surface area contributed by atoms with Crippen molar-refractivity contribution in [3.63, 3.8) is 0 Å². The highest BCUT2D eigenvalue weighted by Gasteiger charge is 2.26. The zero-order valence-corrected chi connectivity index (χ0v) is 30.6. The second-order valence-corrected chi connectivity index (χ2v) is 14.2. The molecule has 3 heterocycles. The third-order valence-electron chi connectivity index (χ3n) is 10.2. The van der Waals surface area contributed by atoms with Crippen LogP contribution in [0, 0.1) is 0 Å². The number of nitrogens with zero attached hydrogens (tertiary/aromatic N) is 5. The molecule has 1 aromatic heterocycles. The lowest BCUT2D eigenvalue weighted by molar-refractivity contribution is 0.0834. The van der Waals surface area contributed by atoms with Crippen LogP contribution < -0.4 is 20.9 Å². The first-order valence-corrected chi connectivity index (χ1v) is 18.5. The van der Waals surface area contributed by atoms with Crippen molar-refractivity contribution in [2.75, 3.05) is 88.9 Å². The average Bonchev–Trinajstić information content (AvgIpc) is 3.56. The van der Waals surface area contributed by atoms with Crippen LogP contribution in [0.15, 0.2) is 79.0 Å². The average molecular weight is 728 g/mol. The Hall–Kier alpha value is -4.39. The van der Waals surface area contributed by atoms with Gasteiger partial charge in [-0.1, -0.05) is 35.9 Å². The zero-order chi connectivity index (χ0) is 36.6. The van der Waals surface area contributed by atoms with E-state index in [1.165, 1.54) is 0 Å². The van der Waals surface area contributed by atoms with Crippen molar-refractivity contribution >= 4 is 34.8 Å². The monoisotopic (exact) mass is 727 g/mol. The number of aromatic nitrogens is 1. The van der Waals surface area contributed by atoms with E-state index in [9.17, 15) is 19.8 Å². The summed E-state index contributed by atoms with van der Waals surface area (Å²) in [7, 11) is 2.15. The van der Waals surface area contributed by atoms with E-state index in [-0.39, 0.29) is 12.5 Å². The zero-order valence-electron chi connectivity index (χ0n) is 29.9. The number of anilines is 2. The third kappa shape index (κ3) is 9.15. The normalized spacial score (nSPS) is 16.2. The standard InChI is InChI=1S/C40H50ClN7O4/c1-44-18-20-45(21-19-44)16-3-15-43-40(52)38-37(36(29-6-10-32(41)11-7-29)27-48(38)17-14-35(50)28-49)31-4-2-5-34(26-31)47-24-22-46(23-25-47)33-12-8-30(9-13-33)39(42)51/h2,4-13,26-27,35,49-50H,3,14-25,28H2,1H3,(H2,42,51)(H,43,52)/t35-/m0/s1. The molecule has 0 radical (unpaired) electrons. The molecule has 11 nitrogen and oxygen atoms in total. The fraction of sp³-hybridized carbons (Fsp3) is 0.400. The summed E-state index contributed by atoms with van der Waals surface area (Å²) in [4.78, 5) is 35.2. The van der Waals surface area contributed by atoms with E-state index in [2.05, 4.69) is 44.1 Å². The Bertz CT molecular complexity index is 1800. The van der Waals surface area contributed by atoms with Gasteiger partial charge in [-0.2, -0.15) is 0 Å². The van der Waals surface area contributed by atoms with Crippen LogP contribution in [-0.2, 0) is 6.54 Å².